The standard InChI is InChI=1S/C10H13BrN2OS/c1-8-9(11)2-3-10(12-8)13-4-6-15(14)7-5-13/h2-3H,4-7H2,1H3. The molecule has 0 aromatic carbocycles. The van der Waals surface area contributed by atoms with E-state index in [1.165, 1.54) is 0 Å². The first-order chi connectivity index (χ1) is 7.16. The van der Waals surface area contributed by atoms with E-state index in [0.29, 0.717) is 0 Å². The lowest BCUT2D eigenvalue weighted by molar-refractivity contribution is 0.672. The van der Waals surface area contributed by atoms with Gasteiger partial charge in [-0.25, -0.2) is 4.98 Å². The fourth-order valence-electron chi connectivity index (χ4n) is 1.57. The number of anilines is 1. The largest absolute Gasteiger partial charge is 0.355 e. The van der Waals surface area contributed by atoms with E-state index in [4.69, 9.17) is 0 Å². The van der Waals surface area contributed by atoms with Gasteiger partial charge in [0, 0.05) is 39.9 Å². The van der Waals surface area contributed by atoms with E-state index in [-0.39, 0.29) is 0 Å². The molecule has 5 heteroatoms. The molecule has 1 aliphatic heterocycles. The Morgan fingerprint density at radius 1 is 1.40 bits per heavy atom. The molecule has 0 N–H and O–H groups in total. The van der Waals surface area contributed by atoms with Gasteiger partial charge in [-0.05, 0) is 35.0 Å². The van der Waals surface area contributed by atoms with Gasteiger partial charge in [0.25, 0.3) is 0 Å². The molecule has 2 rings (SSSR count). The van der Waals surface area contributed by atoms with Crippen molar-refractivity contribution in [2.75, 3.05) is 29.5 Å². The Morgan fingerprint density at radius 3 is 2.67 bits per heavy atom. The SMILES string of the molecule is Cc1nc(N2CCS(=O)CC2)ccc1Br. The summed E-state index contributed by atoms with van der Waals surface area (Å²) in [6.07, 6.45) is 0. The summed E-state index contributed by atoms with van der Waals surface area (Å²) in [5.41, 5.74) is 0.999. The molecule has 1 aromatic rings. The first-order valence-corrected chi connectivity index (χ1v) is 7.18. The van der Waals surface area contributed by atoms with Crippen molar-refractivity contribution in [3.05, 3.63) is 22.3 Å². The number of hydrogen-bond donors (Lipinski definition) is 0. The van der Waals surface area contributed by atoms with Crippen LogP contribution >= 0.6 is 15.9 Å². The molecular weight excluding hydrogens is 276 g/mol. The molecule has 0 bridgehead atoms. The van der Waals surface area contributed by atoms with E-state index in [1.54, 1.807) is 0 Å². The third-order valence-corrected chi connectivity index (χ3v) is 4.62. The Hall–Kier alpha value is -0.420. The highest BCUT2D eigenvalue weighted by atomic mass is 79.9. The third kappa shape index (κ3) is 2.58. The van der Waals surface area contributed by atoms with Crippen LogP contribution in [0.2, 0.25) is 0 Å². The van der Waals surface area contributed by atoms with E-state index in [9.17, 15) is 4.21 Å². The minimum atomic E-state index is -0.623. The minimum Gasteiger partial charge on any atom is -0.355 e. The van der Waals surface area contributed by atoms with E-state index in [0.717, 1.165) is 40.6 Å². The van der Waals surface area contributed by atoms with Crippen LogP contribution in [0.5, 0.6) is 0 Å². The lowest BCUT2D eigenvalue weighted by atomic mass is 10.3. The Bertz CT molecular complexity index is 387. The zero-order valence-corrected chi connectivity index (χ0v) is 11.0. The molecule has 82 valence electrons. The molecule has 1 fully saturated rings. The number of halogens is 1. The van der Waals surface area contributed by atoms with Crippen molar-refractivity contribution < 1.29 is 4.21 Å². The minimum absolute atomic E-state index is 0.623. The summed E-state index contributed by atoms with van der Waals surface area (Å²) in [5.74, 6) is 2.51. The highest BCUT2D eigenvalue weighted by Crippen LogP contribution is 2.19. The molecule has 15 heavy (non-hydrogen) atoms. The predicted molar refractivity (Wildman–Crippen MR) is 66.8 cm³/mol. The second-order valence-corrected chi connectivity index (χ2v) is 6.12. The Balaban J connectivity index is 2.16. The van der Waals surface area contributed by atoms with E-state index >= 15 is 0 Å². The van der Waals surface area contributed by atoms with Gasteiger partial charge in [-0.2, -0.15) is 0 Å². The molecule has 0 radical (unpaired) electrons. The van der Waals surface area contributed by atoms with Crippen molar-refractivity contribution in [1.82, 2.24) is 4.98 Å². The average molecular weight is 289 g/mol. The molecule has 1 saturated heterocycles. The van der Waals surface area contributed by atoms with Gasteiger partial charge in [0.15, 0.2) is 0 Å². The van der Waals surface area contributed by atoms with E-state index < -0.39 is 10.8 Å². The highest BCUT2D eigenvalue weighted by molar-refractivity contribution is 9.10. The maximum atomic E-state index is 11.2. The van der Waals surface area contributed by atoms with Crippen molar-refractivity contribution in [3.63, 3.8) is 0 Å². The Kier molecular flexibility index (Phi) is 3.41. The number of hydrogen-bond acceptors (Lipinski definition) is 3. The average Bonchev–Trinajstić information content (AvgIpc) is 2.23. The molecule has 0 spiro atoms. The summed E-state index contributed by atoms with van der Waals surface area (Å²) in [6, 6.07) is 4.02. The number of pyridine rings is 1. The van der Waals surface area contributed by atoms with Gasteiger partial charge in [-0.1, -0.05) is 0 Å². The first kappa shape index (κ1) is 11.1. The topological polar surface area (TPSA) is 33.2 Å². The van der Waals surface area contributed by atoms with Gasteiger partial charge < -0.3 is 4.90 Å². The summed E-state index contributed by atoms with van der Waals surface area (Å²) in [6.45, 7) is 3.68. The number of aromatic nitrogens is 1. The summed E-state index contributed by atoms with van der Waals surface area (Å²) >= 11 is 3.43. The van der Waals surface area contributed by atoms with Crippen molar-refractivity contribution in [3.8, 4) is 0 Å². The van der Waals surface area contributed by atoms with E-state index in [2.05, 4.69) is 25.8 Å². The van der Waals surface area contributed by atoms with Gasteiger partial charge in [-0.15, -0.1) is 0 Å². The van der Waals surface area contributed by atoms with Crippen molar-refractivity contribution in [2.24, 2.45) is 0 Å². The fraction of sp³-hybridized carbons (Fsp3) is 0.500. The molecule has 1 aliphatic rings. The summed E-state index contributed by atoms with van der Waals surface area (Å²) < 4.78 is 12.3. The summed E-state index contributed by atoms with van der Waals surface area (Å²) in [4.78, 5) is 6.70. The molecule has 3 nitrogen and oxygen atoms in total. The summed E-state index contributed by atoms with van der Waals surface area (Å²) in [5, 5.41) is 0. The molecule has 2 heterocycles. The highest BCUT2D eigenvalue weighted by Gasteiger charge is 2.16. The fourth-order valence-corrected chi connectivity index (χ4v) is 2.85. The second-order valence-electron chi connectivity index (χ2n) is 3.57. The van der Waals surface area contributed by atoms with Crippen LogP contribution in [0.3, 0.4) is 0 Å². The van der Waals surface area contributed by atoms with Crippen LogP contribution in [0.25, 0.3) is 0 Å². The third-order valence-electron chi connectivity index (χ3n) is 2.51. The molecule has 1 aromatic heterocycles. The molecule has 0 atom stereocenters. The van der Waals surface area contributed by atoms with Gasteiger partial charge >= 0.3 is 0 Å². The molecule has 0 amide bonds. The van der Waals surface area contributed by atoms with Crippen LogP contribution in [-0.2, 0) is 10.8 Å². The Labute approximate surface area is 100 Å². The normalized spacial score (nSPS) is 18.1. The van der Waals surface area contributed by atoms with Crippen LogP contribution in [0, 0.1) is 6.92 Å². The second kappa shape index (κ2) is 4.61. The van der Waals surface area contributed by atoms with Crippen molar-refractivity contribution >= 4 is 32.5 Å². The van der Waals surface area contributed by atoms with Crippen LogP contribution in [0.1, 0.15) is 5.69 Å². The van der Waals surface area contributed by atoms with Crippen molar-refractivity contribution in [2.45, 2.75) is 6.92 Å². The van der Waals surface area contributed by atoms with E-state index in [1.807, 2.05) is 19.1 Å². The van der Waals surface area contributed by atoms with Gasteiger partial charge in [0.05, 0.1) is 5.69 Å². The lowest BCUT2D eigenvalue weighted by Crippen LogP contribution is -2.38. The van der Waals surface area contributed by atoms with Crippen LogP contribution < -0.4 is 4.90 Å². The maximum Gasteiger partial charge on any atom is 0.128 e. The van der Waals surface area contributed by atoms with Gasteiger partial charge in [0.2, 0.25) is 0 Å². The monoisotopic (exact) mass is 288 g/mol. The molecule has 0 aliphatic carbocycles. The lowest BCUT2D eigenvalue weighted by Gasteiger charge is -2.27. The number of aryl methyl sites for hydroxylation is 1. The van der Waals surface area contributed by atoms with Crippen molar-refractivity contribution in [1.29, 1.82) is 0 Å². The Morgan fingerprint density at radius 2 is 2.07 bits per heavy atom. The smallest absolute Gasteiger partial charge is 0.128 e. The predicted octanol–water partition coefficient (Wildman–Crippen LogP) is 1.72. The van der Waals surface area contributed by atoms with Gasteiger partial charge in [-0.3, -0.25) is 4.21 Å². The zero-order chi connectivity index (χ0) is 10.8. The number of nitrogens with zero attached hydrogens (tertiary/aromatic N) is 2. The van der Waals surface area contributed by atoms with Crippen LogP contribution in [0.15, 0.2) is 16.6 Å². The molecular formula is C10H13BrN2OS. The maximum absolute atomic E-state index is 11.2. The molecule has 0 saturated carbocycles. The number of rotatable bonds is 1. The molecule has 0 unspecified atom stereocenters. The van der Waals surface area contributed by atoms with Crippen LogP contribution in [0.4, 0.5) is 5.82 Å². The summed E-state index contributed by atoms with van der Waals surface area (Å²) in [7, 11) is -0.623. The zero-order valence-electron chi connectivity index (χ0n) is 8.57. The quantitative estimate of drug-likeness (QED) is 0.789. The first-order valence-electron chi connectivity index (χ1n) is 4.90. The van der Waals surface area contributed by atoms with Gasteiger partial charge in [0.1, 0.15) is 5.82 Å². The van der Waals surface area contributed by atoms with Crippen LogP contribution in [-0.4, -0.2) is 33.8 Å².